The third-order valence-electron chi connectivity index (χ3n) is 4.31. The van der Waals surface area contributed by atoms with E-state index in [0.717, 1.165) is 53.5 Å². The maximum Gasteiger partial charge on any atom is 0.147 e. The van der Waals surface area contributed by atoms with Gasteiger partial charge in [0.2, 0.25) is 0 Å². The third-order valence-corrected chi connectivity index (χ3v) is 5.03. The van der Waals surface area contributed by atoms with Gasteiger partial charge in [0.15, 0.2) is 0 Å². The highest BCUT2D eigenvalue weighted by atomic mass is 79.9. The molecule has 1 aliphatic heterocycles. The Morgan fingerprint density at radius 2 is 1.81 bits per heavy atom. The van der Waals surface area contributed by atoms with Crippen molar-refractivity contribution in [3.8, 4) is 11.3 Å². The molecule has 0 saturated carbocycles. The van der Waals surface area contributed by atoms with Crippen molar-refractivity contribution in [3.63, 3.8) is 0 Å². The highest BCUT2D eigenvalue weighted by Crippen LogP contribution is 2.28. The van der Waals surface area contributed by atoms with Crippen LogP contribution in [0.5, 0.6) is 0 Å². The van der Waals surface area contributed by atoms with E-state index in [1.165, 1.54) is 0 Å². The zero-order valence-corrected chi connectivity index (χ0v) is 16.5. The summed E-state index contributed by atoms with van der Waals surface area (Å²) in [7, 11) is 1.89. The molecule has 0 unspecified atom stereocenters. The van der Waals surface area contributed by atoms with Crippen LogP contribution in [0.1, 0.15) is 0 Å². The highest BCUT2D eigenvalue weighted by Gasteiger charge is 2.21. The summed E-state index contributed by atoms with van der Waals surface area (Å²) in [5.41, 5.74) is 1.79. The molecule has 1 aliphatic rings. The van der Waals surface area contributed by atoms with Gasteiger partial charge in [-0.2, -0.15) is 5.10 Å². The molecule has 4 rings (SSSR count). The van der Waals surface area contributed by atoms with Gasteiger partial charge in [-0.15, -0.1) is 0 Å². The fraction of sp³-hybridized carbons (Fsp3) is 0.294. The van der Waals surface area contributed by atoms with Crippen molar-refractivity contribution >= 4 is 39.2 Å². The summed E-state index contributed by atoms with van der Waals surface area (Å²) in [4.78, 5) is 18.0. The fourth-order valence-corrected chi connectivity index (χ4v) is 3.74. The lowest BCUT2D eigenvalue weighted by Gasteiger charge is -2.36. The molecular weight excluding hydrogens is 418 g/mol. The van der Waals surface area contributed by atoms with Crippen LogP contribution in [0.15, 0.2) is 41.5 Å². The molecule has 7 nitrogen and oxygen atoms in total. The summed E-state index contributed by atoms with van der Waals surface area (Å²) in [5, 5.41) is 4.86. The molecule has 0 bridgehead atoms. The number of halogens is 2. The third kappa shape index (κ3) is 3.52. The quantitative estimate of drug-likeness (QED) is 0.631. The van der Waals surface area contributed by atoms with Crippen molar-refractivity contribution in [1.29, 1.82) is 0 Å². The zero-order valence-electron chi connectivity index (χ0n) is 14.2. The SMILES string of the molecule is Cn1cc(-c2cncc(N3CCN(c4ncc(Br)cc4Cl)CC3)n2)cn1. The molecule has 26 heavy (non-hydrogen) atoms. The van der Waals surface area contributed by atoms with Crippen LogP contribution in [-0.2, 0) is 7.05 Å². The molecule has 0 amide bonds. The molecule has 0 aromatic carbocycles. The monoisotopic (exact) mass is 433 g/mol. The predicted molar refractivity (Wildman–Crippen MR) is 106 cm³/mol. The van der Waals surface area contributed by atoms with E-state index in [2.05, 4.69) is 40.8 Å². The summed E-state index contributed by atoms with van der Waals surface area (Å²) in [6.45, 7) is 3.32. The van der Waals surface area contributed by atoms with Crippen molar-refractivity contribution in [1.82, 2.24) is 24.7 Å². The van der Waals surface area contributed by atoms with Crippen molar-refractivity contribution < 1.29 is 0 Å². The Morgan fingerprint density at radius 3 is 2.50 bits per heavy atom. The van der Waals surface area contributed by atoms with Crippen molar-refractivity contribution in [2.75, 3.05) is 36.0 Å². The van der Waals surface area contributed by atoms with Crippen LogP contribution in [0.25, 0.3) is 11.3 Å². The van der Waals surface area contributed by atoms with Crippen LogP contribution in [0.2, 0.25) is 5.02 Å². The average Bonchev–Trinajstić information content (AvgIpc) is 3.09. The molecule has 0 N–H and O–H groups in total. The summed E-state index contributed by atoms with van der Waals surface area (Å²) in [6, 6.07) is 1.87. The molecule has 134 valence electrons. The van der Waals surface area contributed by atoms with E-state index < -0.39 is 0 Å². The zero-order chi connectivity index (χ0) is 18.1. The van der Waals surface area contributed by atoms with Crippen LogP contribution in [0.3, 0.4) is 0 Å². The first-order valence-corrected chi connectivity index (χ1v) is 9.39. The van der Waals surface area contributed by atoms with Gasteiger partial charge in [-0.05, 0) is 22.0 Å². The maximum absolute atomic E-state index is 6.33. The lowest BCUT2D eigenvalue weighted by Crippen LogP contribution is -2.47. The Labute approximate surface area is 164 Å². The first kappa shape index (κ1) is 17.2. The highest BCUT2D eigenvalue weighted by molar-refractivity contribution is 9.10. The molecule has 4 heterocycles. The minimum Gasteiger partial charge on any atom is -0.352 e. The lowest BCUT2D eigenvalue weighted by molar-refractivity contribution is 0.641. The second-order valence-electron chi connectivity index (χ2n) is 6.10. The Kier molecular flexibility index (Phi) is 4.78. The van der Waals surface area contributed by atoms with Crippen LogP contribution in [0.4, 0.5) is 11.6 Å². The smallest absolute Gasteiger partial charge is 0.147 e. The average molecular weight is 435 g/mol. The summed E-state index contributed by atoms with van der Waals surface area (Å²) in [6.07, 6.45) is 9.08. The number of anilines is 2. The molecular formula is C17H17BrClN7. The Hall–Kier alpha value is -2.19. The van der Waals surface area contributed by atoms with Gasteiger partial charge in [-0.1, -0.05) is 11.6 Å². The fourth-order valence-electron chi connectivity index (χ4n) is 2.99. The Morgan fingerprint density at radius 1 is 1.04 bits per heavy atom. The van der Waals surface area contributed by atoms with Crippen LogP contribution in [0, 0.1) is 0 Å². The standard InChI is InChI=1S/C17H17BrClN7/c1-24-11-12(7-22-24)15-9-20-10-16(23-15)25-2-4-26(5-3-25)17-14(19)6-13(18)8-21-17/h6-11H,2-5H2,1H3. The van der Waals surface area contributed by atoms with Gasteiger partial charge in [0.1, 0.15) is 11.6 Å². The van der Waals surface area contributed by atoms with E-state index >= 15 is 0 Å². The van der Waals surface area contributed by atoms with Crippen molar-refractivity contribution in [2.24, 2.45) is 7.05 Å². The molecule has 9 heteroatoms. The Bertz CT molecular complexity index is 921. The van der Waals surface area contributed by atoms with Gasteiger partial charge in [-0.3, -0.25) is 9.67 Å². The molecule has 1 fully saturated rings. The maximum atomic E-state index is 6.33. The van der Waals surface area contributed by atoms with Gasteiger partial charge < -0.3 is 9.80 Å². The molecule has 0 aliphatic carbocycles. The normalized spacial score (nSPS) is 14.7. The van der Waals surface area contributed by atoms with Gasteiger partial charge >= 0.3 is 0 Å². The van der Waals surface area contributed by atoms with E-state index in [1.807, 2.05) is 19.3 Å². The summed E-state index contributed by atoms with van der Waals surface area (Å²) < 4.78 is 2.64. The number of hydrogen-bond donors (Lipinski definition) is 0. The molecule has 3 aromatic rings. The largest absolute Gasteiger partial charge is 0.352 e. The van der Waals surface area contributed by atoms with Crippen LogP contribution < -0.4 is 9.80 Å². The first-order chi connectivity index (χ1) is 12.6. The molecule has 3 aromatic heterocycles. The molecule has 0 atom stereocenters. The topological polar surface area (TPSA) is 63.0 Å². The number of aryl methyl sites for hydroxylation is 1. The number of rotatable bonds is 3. The van der Waals surface area contributed by atoms with Crippen molar-refractivity contribution in [2.45, 2.75) is 0 Å². The number of aromatic nitrogens is 5. The second kappa shape index (κ2) is 7.20. The van der Waals surface area contributed by atoms with E-state index in [9.17, 15) is 0 Å². The molecule has 0 spiro atoms. The van der Waals surface area contributed by atoms with E-state index in [4.69, 9.17) is 16.6 Å². The van der Waals surface area contributed by atoms with Crippen LogP contribution in [-0.4, -0.2) is 50.9 Å². The number of nitrogens with zero attached hydrogens (tertiary/aromatic N) is 7. The lowest BCUT2D eigenvalue weighted by atomic mass is 10.2. The van der Waals surface area contributed by atoms with Crippen LogP contribution >= 0.6 is 27.5 Å². The van der Waals surface area contributed by atoms with Crippen molar-refractivity contribution in [3.05, 3.63) is 46.5 Å². The molecule has 0 radical (unpaired) electrons. The van der Waals surface area contributed by atoms with Gasteiger partial charge in [0.05, 0.1) is 29.3 Å². The van der Waals surface area contributed by atoms with Gasteiger partial charge in [0, 0.05) is 55.7 Å². The summed E-state index contributed by atoms with van der Waals surface area (Å²) >= 11 is 9.72. The predicted octanol–water partition coefficient (Wildman–Crippen LogP) is 3.01. The number of hydrogen-bond acceptors (Lipinski definition) is 6. The Balaban J connectivity index is 1.48. The number of piperazine rings is 1. The van der Waals surface area contributed by atoms with E-state index in [0.29, 0.717) is 5.02 Å². The molecule has 1 saturated heterocycles. The number of pyridine rings is 1. The summed E-state index contributed by atoms with van der Waals surface area (Å²) in [5.74, 6) is 1.70. The first-order valence-electron chi connectivity index (χ1n) is 8.22. The minimum absolute atomic E-state index is 0.659. The second-order valence-corrected chi connectivity index (χ2v) is 7.42. The van der Waals surface area contributed by atoms with E-state index in [1.54, 1.807) is 29.5 Å². The van der Waals surface area contributed by atoms with Gasteiger partial charge in [0.25, 0.3) is 0 Å². The van der Waals surface area contributed by atoms with Gasteiger partial charge in [-0.25, -0.2) is 9.97 Å². The van der Waals surface area contributed by atoms with E-state index in [-0.39, 0.29) is 0 Å². The minimum atomic E-state index is 0.659.